The van der Waals surface area contributed by atoms with Crippen molar-refractivity contribution in [2.75, 3.05) is 13.7 Å². The molecule has 2 rings (SSSR count). The van der Waals surface area contributed by atoms with Gasteiger partial charge in [-0.3, -0.25) is 4.79 Å². The summed E-state index contributed by atoms with van der Waals surface area (Å²) < 4.78 is 37.0. The Balaban J connectivity index is 2.34. The van der Waals surface area contributed by atoms with Crippen LogP contribution in [0.15, 0.2) is 12.1 Å². The minimum absolute atomic E-state index is 0.0453. The summed E-state index contributed by atoms with van der Waals surface area (Å²) >= 11 is 0. The number of halogens is 2. The highest BCUT2D eigenvalue weighted by molar-refractivity contribution is 6.00. The van der Waals surface area contributed by atoms with Gasteiger partial charge in [0.25, 0.3) is 0 Å². The van der Waals surface area contributed by atoms with E-state index in [2.05, 4.69) is 0 Å². The molecule has 0 radical (unpaired) electrons. The average Bonchev–Trinajstić information content (AvgIpc) is 2.81. The van der Waals surface area contributed by atoms with Crippen molar-refractivity contribution in [1.82, 2.24) is 0 Å². The Kier molecular flexibility index (Phi) is 3.38. The summed E-state index contributed by atoms with van der Waals surface area (Å²) in [5, 5.41) is 0. The highest BCUT2D eigenvalue weighted by Crippen LogP contribution is 2.24. The van der Waals surface area contributed by atoms with Gasteiger partial charge >= 0.3 is 0 Å². The van der Waals surface area contributed by atoms with Gasteiger partial charge in [-0.05, 0) is 12.8 Å². The minimum Gasteiger partial charge on any atom is -0.497 e. The van der Waals surface area contributed by atoms with Crippen LogP contribution >= 0.6 is 0 Å². The summed E-state index contributed by atoms with van der Waals surface area (Å²) in [6.45, 7) is 0.454. The Hall–Kier alpha value is -1.49. The number of rotatable bonds is 3. The zero-order chi connectivity index (χ0) is 12.4. The second-order valence-electron chi connectivity index (χ2n) is 3.83. The Morgan fingerprint density at radius 2 is 2.06 bits per heavy atom. The molecule has 0 bridgehead atoms. The normalized spacial score (nSPS) is 19.4. The maximum absolute atomic E-state index is 13.6. The molecule has 0 N–H and O–H groups in total. The quantitative estimate of drug-likeness (QED) is 0.763. The fourth-order valence-electron chi connectivity index (χ4n) is 1.85. The highest BCUT2D eigenvalue weighted by Gasteiger charge is 2.29. The van der Waals surface area contributed by atoms with Crippen LogP contribution in [0.3, 0.4) is 0 Å². The summed E-state index contributed by atoms with van der Waals surface area (Å²) in [7, 11) is 1.30. The Morgan fingerprint density at radius 1 is 1.41 bits per heavy atom. The molecular weight excluding hydrogens is 230 g/mol. The molecule has 0 amide bonds. The van der Waals surface area contributed by atoms with Crippen molar-refractivity contribution in [1.29, 1.82) is 0 Å². The summed E-state index contributed by atoms with van der Waals surface area (Å²) in [5.74, 6) is -2.42. The maximum Gasteiger partial charge on any atom is 0.197 e. The van der Waals surface area contributed by atoms with E-state index in [1.165, 1.54) is 7.11 Å². The van der Waals surface area contributed by atoms with Gasteiger partial charge in [0.05, 0.1) is 12.7 Å². The van der Waals surface area contributed by atoms with Crippen molar-refractivity contribution < 1.29 is 23.0 Å². The molecular formula is C12H12F2O3. The van der Waals surface area contributed by atoms with Crippen LogP contribution < -0.4 is 4.74 Å². The zero-order valence-corrected chi connectivity index (χ0v) is 9.33. The third-order valence-corrected chi connectivity index (χ3v) is 2.72. The molecule has 1 aromatic carbocycles. The lowest BCUT2D eigenvalue weighted by Gasteiger charge is -2.10. The van der Waals surface area contributed by atoms with E-state index in [4.69, 9.17) is 9.47 Å². The summed E-state index contributed by atoms with van der Waals surface area (Å²) in [5.41, 5.74) is -0.544. The van der Waals surface area contributed by atoms with E-state index in [0.717, 1.165) is 18.6 Å². The Morgan fingerprint density at radius 3 is 2.53 bits per heavy atom. The number of Topliss-reactive ketones (excluding diaryl/α,β-unsaturated/α-hetero) is 1. The second kappa shape index (κ2) is 4.79. The minimum atomic E-state index is -0.914. The Labute approximate surface area is 97.3 Å². The summed E-state index contributed by atoms with van der Waals surface area (Å²) in [6, 6.07) is 1.98. The van der Waals surface area contributed by atoms with Crippen molar-refractivity contribution in [3.63, 3.8) is 0 Å². The SMILES string of the molecule is COc1cc(F)c(C(=O)C2CCCO2)c(F)c1. The Bertz CT molecular complexity index is 416. The molecule has 0 aromatic heterocycles. The van der Waals surface area contributed by atoms with Crippen LogP contribution in [-0.4, -0.2) is 25.6 Å². The van der Waals surface area contributed by atoms with Crippen LogP contribution in [0.2, 0.25) is 0 Å². The standard InChI is InChI=1S/C12H12F2O3/c1-16-7-5-8(13)11(9(14)6-7)12(15)10-3-2-4-17-10/h5-6,10H,2-4H2,1H3. The smallest absolute Gasteiger partial charge is 0.197 e. The van der Waals surface area contributed by atoms with E-state index in [0.29, 0.717) is 13.0 Å². The number of hydrogen-bond acceptors (Lipinski definition) is 3. The van der Waals surface area contributed by atoms with Gasteiger partial charge in [0, 0.05) is 18.7 Å². The van der Waals surface area contributed by atoms with Gasteiger partial charge in [0.2, 0.25) is 0 Å². The number of hydrogen-bond donors (Lipinski definition) is 0. The number of benzene rings is 1. The number of methoxy groups -OCH3 is 1. The van der Waals surface area contributed by atoms with E-state index < -0.39 is 29.1 Å². The lowest BCUT2D eigenvalue weighted by atomic mass is 10.0. The van der Waals surface area contributed by atoms with Crippen LogP contribution in [0.5, 0.6) is 5.75 Å². The maximum atomic E-state index is 13.6. The summed E-state index contributed by atoms with van der Waals surface area (Å²) in [4.78, 5) is 11.8. The highest BCUT2D eigenvalue weighted by atomic mass is 19.1. The van der Waals surface area contributed by atoms with Crippen LogP contribution in [-0.2, 0) is 4.74 Å². The van der Waals surface area contributed by atoms with Crippen LogP contribution in [0.25, 0.3) is 0 Å². The van der Waals surface area contributed by atoms with E-state index in [-0.39, 0.29) is 5.75 Å². The first-order valence-electron chi connectivity index (χ1n) is 5.32. The van der Waals surface area contributed by atoms with Crippen LogP contribution in [0.4, 0.5) is 8.78 Å². The third-order valence-electron chi connectivity index (χ3n) is 2.72. The number of ether oxygens (including phenoxy) is 2. The molecule has 0 spiro atoms. The van der Waals surface area contributed by atoms with Crippen molar-refractivity contribution in [2.24, 2.45) is 0 Å². The predicted molar refractivity (Wildman–Crippen MR) is 56.2 cm³/mol. The molecule has 5 heteroatoms. The monoisotopic (exact) mass is 242 g/mol. The van der Waals surface area contributed by atoms with E-state index in [9.17, 15) is 13.6 Å². The van der Waals surface area contributed by atoms with Crippen molar-refractivity contribution in [3.8, 4) is 5.75 Å². The van der Waals surface area contributed by atoms with E-state index in [1.54, 1.807) is 0 Å². The molecule has 1 atom stereocenters. The molecule has 1 aliphatic rings. The predicted octanol–water partition coefficient (Wildman–Crippen LogP) is 2.34. The lowest BCUT2D eigenvalue weighted by Crippen LogP contribution is -2.22. The van der Waals surface area contributed by atoms with Gasteiger partial charge in [0.1, 0.15) is 23.5 Å². The fourth-order valence-corrected chi connectivity index (χ4v) is 1.85. The average molecular weight is 242 g/mol. The number of ketones is 1. The first-order chi connectivity index (χ1) is 8.13. The van der Waals surface area contributed by atoms with Gasteiger partial charge in [-0.2, -0.15) is 0 Å². The molecule has 0 aliphatic carbocycles. The van der Waals surface area contributed by atoms with Crippen LogP contribution in [0.1, 0.15) is 23.2 Å². The molecule has 1 fully saturated rings. The first-order valence-corrected chi connectivity index (χ1v) is 5.32. The first kappa shape index (κ1) is 12.0. The molecule has 3 nitrogen and oxygen atoms in total. The van der Waals surface area contributed by atoms with Gasteiger partial charge in [-0.15, -0.1) is 0 Å². The van der Waals surface area contributed by atoms with Crippen molar-refractivity contribution in [3.05, 3.63) is 29.3 Å². The number of carbonyl (C=O) groups excluding carboxylic acids is 1. The third kappa shape index (κ3) is 2.29. The molecule has 1 aromatic rings. The van der Waals surface area contributed by atoms with E-state index >= 15 is 0 Å². The second-order valence-corrected chi connectivity index (χ2v) is 3.83. The zero-order valence-electron chi connectivity index (χ0n) is 9.33. The van der Waals surface area contributed by atoms with Crippen molar-refractivity contribution in [2.45, 2.75) is 18.9 Å². The molecule has 1 saturated heterocycles. The van der Waals surface area contributed by atoms with E-state index in [1.807, 2.05) is 0 Å². The van der Waals surface area contributed by atoms with Gasteiger partial charge in [-0.25, -0.2) is 8.78 Å². The van der Waals surface area contributed by atoms with Gasteiger partial charge < -0.3 is 9.47 Å². The molecule has 0 saturated carbocycles. The number of carbonyl (C=O) groups is 1. The van der Waals surface area contributed by atoms with Crippen LogP contribution in [0, 0.1) is 11.6 Å². The molecule has 17 heavy (non-hydrogen) atoms. The van der Waals surface area contributed by atoms with Gasteiger partial charge in [0.15, 0.2) is 5.78 Å². The molecule has 92 valence electrons. The molecule has 1 unspecified atom stereocenters. The summed E-state index contributed by atoms with van der Waals surface area (Å²) in [6.07, 6.45) is 0.506. The van der Waals surface area contributed by atoms with Gasteiger partial charge in [-0.1, -0.05) is 0 Å². The van der Waals surface area contributed by atoms with Crippen molar-refractivity contribution >= 4 is 5.78 Å². The topological polar surface area (TPSA) is 35.5 Å². The molecule has 1 aliphatic heterocycles. The largest absolute Gasteiger partial charge is 0.497 e. The molecule has 1 heterocycles. The lowest BCUT2D eigenvalue weighted by molar-refractivity contribution is 0.0634. The fraction of sp³-hybridized carbons (Fsp3) is 0.417.